The average molecular weight is 441 g/mol. The first-order valence-electron chi connectivity index (χ1n) is 11.5. The van der Waals surface area contributed by atoms with E-state index in [4.69, 9.17) is 4.84 Å². The molecule has 0 aromatic rings. The van der Waals surface area contributed by atoms with Crippen molar-refractivity contribution < 1.29 is 14.4 Å². The second kappa shape index (κ2) is 11.1. The van der Waals surface area contributed by atoms with E-state index in [1.54, 1.807) is 0 Å². The predicted octanol–water partition coefficient (Wildman–Crippen LogP) is 0.159. The van der Waals surface area contributed by atoms with Crippen molar-refractivity contribution in [1.29, 1.82) is 0 Å². The molecule has 6 N–H and O–H groups in total. The van der Waals surface area contributed by atoms with Crippen LogP contribution >= 0.6 is 11.8 Å². The van der Waals surface area contributed by atoms with Gasteiger partial charge in [-0.25, -0.2) is 5.43 Å². The summed E-state index contributed by atoms with van der Waals surface area (Å²) in [6.45, 7) is 1.45. The fourth-order valence-corrected chi connectivity index (χ4v) is 6.27. The highest BCUT2D eigenvalue weighted by molar-refractivity contribution is 7.99. The molecule has 0 radical (unpaired) electrons. The molecule has 30 heavy (non-hydrogen) atoms. The summed E-state index contributed by atoms with van der Waals surface area (Å²) < 4.78 is 0. The molecule has 9 nitrogen and oxygen atoms in total. The van der Waals surface area contributed by atoms with Crippen LogP contribution in [-0.2, 0) is 14.4 Å². The Morgan fingerprint density at radius 3 is 2.97 bits per heavy atom. The zero-order valence-corrected chi connectivity index (χ0v) is 18.4. The maximum absolute atomic E-state index is 12.1. The van der Waals surface area contributed by atoms with E-state index < -0.39 is 0 Å². The van der Waals surface area contributed by atoms with Crippen LogP contribution < -0.4 is 32.3 Å². The molecule has 0 aromatic carbocycles. The summed E-state index contributed by atoms with van der Waals surface area (Å²) in [5, 5.41) is 9.96. The smallest absolute Gasteiger partial charge is 0.237 e. The second-order valence-electron chi connectivity index (χ2n) is 8.85. The van der Waals surface area contributed by atoms with Gasteiger partial charge in [0.25, 0.3) is 0 Å². The number of rotatable bonds is 9. The zero-order valence-electron chi connectivity index (χ0n) is 17.6. The molecule has 1 aliphatic carbocycles. The van der Waals surface area contributed by atoms with Gasteiger partial charge in [0.2, 0.25) is 11.8 Å². The van der Waals surface area contributed by atoms with Gasteiger partial charge in [-0.15, -0.1) is 0 Å². The van der Waals surface area contributed by atoms with E-state index in [-0.39, 0.29) is 36.3 Å². The lowest BCUT2D eigenvalue weighted by molar-refractivity contribution is -0.134. The van der Waals surface area contributed by atoms with Gasteiger partial charge in [-0.1, -0.05) is 12.8 Å². The fourth-order valence-electron chi connectivity index (χ4n) is 4.97. The lowest BCUT2D eigenvalue weighted by Gasteiger charge is -2.41. The molecule has 170 valence electrons. The van der Waals surface area contributed by atoms with E-state index in [0.717, 1.165) is 32.2 Å². The lowest BCUT2D eigenvalue weighted by Crippen LogP contribution is -2.64. The highest BCUT2D eigenvalue weighted by atomic mass is 32.2. The summed E-state index contributed by atoms with van der Waals surface area (Å²) in [4.78, 5) is 29.7. The summed E-state index contributed by atoms with van der Waals surface area (Å²) >= 11 is 1.99. The van der Waals surface area contributed by atoms with Crippen LogP contribution in [0.5, 0.6) is 0 Å². The minimum absolute atomic E-state index is 0.0654. The molecular formula is C20H36N6O3S. The van der Waals surface area contributed by atoms with Crippen LogP contribution in [0.2, 0.25) is 0 Å². The van der Waals surface area contributed by atoms with Crippen molar-refractivity contribution in [1.82, 2.24) is 32.3 Å². The molecule has 10 heteroatoms. The first-order chi connectivity index (χ1) is 14.7. The van der Waals surface area contributed by atoms with Gasteiger partial charge in [-0.3, -0.25) is 25.2 Å². The van der Waals surface area contributed by atoms with Crippen LogP contribution in [0.1, 0.15) is 51.4 Å². The molecule has 4 aliphatic rings. The van der Waals surface area contributed by atoms with E-state index >= 15 is 0 Å². The second-order valence-corrected chi connectivity index (χ2v) is 10.0. The van der Waals surface area contributed by atoms with Crippen LogP contribution in [0.3, 0.4) is 0 Å². The number of carbonyl (C=O) groups excluding carboxylic acids is 2. The van der Waals surface area contributed by atoms with Gasteiger partial charge in [-0.05, 0) is 56.1 Å². The summed E-state index contributed by atoms with van der Waals surface area (Å²) in [6.07, 6.45) is 7.85. The van der Waals surface area contributed by atoms with Gasteiger partial charge in [-0.2, -0.15) is 17.2 Å². The van der Waals surface area contributed by atoms with Crippen LogP contribution in [0.25, 0.3) is 0 Å². The van der Waals surface area contributed by atoms with E-state index in [1.807, 2.05) is 11.8 Å². The predicted molar refractivity (Wildman–Crippen MR) is 116 cm³/mol. The zero-order chi connectivity index (χ0) is 20.8. The van der Waals surface area contributed by atoms with E-state index in [1.165, 1.54) is 24.3 Å². The van der Waals surface area contributed by atoms with Crippen LogP contribution in [-0.4, -0.2) is 55.0 Å². The molecule has 0 aromatic heterocycles. The van der Waals surface area contributed by atoms with Crippen molar-refractivity contribution in [2.45, 2.75) is 69.9 Å². The average Bonchev–Trinajstić information content (AvgIpc) is 3.45. The summed E-state index contributed by atoms with van der Waals surface area (Å²) in [7, 11) is 0. The molecule has 4 fully saturated rings. The SMILES string of the molecule is O=C(CCC1NC(C2CCSC2)NO1)NCCCNC1NNC(=O)C2CCCCC12. The van der Waals surface area contributed by atoms with Gasteiger partial charge < -0.3 is 10.6 Å². The largest absolute Gasteiger partial charge is 0.356 e. The molecule has 6 unspecified atom stereocenters. The number of thioether (sulfide) groups is 1. The number of amides is 2. The molecule has 3 heterocycles. The van der Waals surface area contributed by atoms with E-state index in [2.05, 4.69) is 32.3 Å². The monoisotopic (exact) mass is 440 g/mol. The Morgan fingerprint density at radius 2 is 2.10 bits per heavy atom. The number of carbonyl (C=O) groups is 2. The maximum atomic E-state index is 12.1. The molecule has 2 amide bonds. The van der Waals surface area contributed by atoms with Crippen molar-refractivity contribution in [3.8, 4) is 0 Å². The van der Waals surface area contributed by atoms with Gasteiger partial charge in [0.05, 0.1) is 12.3 Å². The number of hydroxylamine groups is 1. The Hall–Kier alpha value is -0.910. The number of hydrogen-bond acceptors (Lipinski definition) is 8. The Bertz CT molecular complexity index is 591. The van der Waals surface area contributed by atoms with Crippen molar-refractivity contribution in [3.05, 3.63) is 0 Å². The lowest BCUT2D eigenvalue weighted by atomic mass is 9.76. The Labute approximate surface area is 182 Å². The Kier molecular flexibility index (Phi) is 8.25. The van der Waals surface area contributed by atoms with Crippen molar-refractivity contribution in [2.75, 3.05) is 24.6 Å². The van der Waals surface area contributed by atoms with Gasteiger partial charge in [0.1, 0.15) is 6.23 Å². The van der Waals surface area contributed by atoms with Crippen LogP contribution in [0.15, 0.2) is 0 Å². The number of hydrazine groups is 1. The standard InChI is InChI=1S/C20H36N6O3S/c27-16(6-7-17-23-18(26-29-17)13-8-11-30-12-13)21-9-3-10-22-19-14-4-1-2-5-15(14)20(28)25-24-19/h13-15,17-19,22-24,26H,1-12H2,(H,21,27)(H,25,28). The molecule has 3 saturated heterocycles. The van der Waals surface area contributed by atoms with Gasteiger partial charge in [0.15, 0.2) is 0 Å². The highest BCUT2D eigenvalue weighted by Crippen LogP contribution is 2.33. The third-order valence-corrected chi connectivity index (χ3v) is 7.94. The number of hydrogen-bond donors (Lipinski definition) is 6. The summed E-state index contributed by atoms with van der Waals surface area (Å²) in [5.74, 6) is 3.69. The highest BCUT2D eigenvalue weighted by Gasteiger charge is 2.39. The third-order valence-electron chi connectivity index (χ3n) is 6.75. The summed E-state index contributed by atoms with van der Waals surface area (Å²) in [5.41, 5.74) is 9.02. The van der Waals surface area contributed by atoms with Gasteiger partial charge >= 0.3 is 0 Å². The molecule has 6 atom stereocenters. The molecule has 0 bridgehead atoms. The van der Waals surface area contributed by atoms with Gasteiger partial charge in [0, 0.05) is 24.8 Å². The van der Waals surface area contributed by atoms with Crippen molar-refractivity contribution in [2.24, 2.45) is 17.8 Å². The fraction of sp³-hybridized carbons (Fsp3) is 0.900. The first-order valence-corrected chi connectivity index (χ1v) is 12.7. The molecule has 3 aliphatic heterocycles. The minimum atomic E-state index is -0.0935. The van der Waals surface area contributed by atoms with Crippen LogP contribution in [0.4, 0.5) is 0 Å². The third kappa shape index (κ3) is 5.86. The van der Waals surface area contributed by atoms with Crippen LogP contribution in [0, 0.1) is 17.8 Å². The van der Waals surface area contributed by atoms with Crippen molar-refractivity contribution >= 4 is 23.6 Å². The minimum Gasteiger partial charge on any atom is -0.356 e. The number of nitrogens with one attached hydrogen (secondary N) is 6. The Morgan fingerprint density at radius 1 is 1.20 bits per heavy atom. The Balaban J connectivity index is 1.05. The maximum Gasteiger partial charge on any atom is 0.237 e. The van der Waals surface area contributed by atoms with Crippen molar-refractivity contribution in [3.63, 3.8) is 0 Å². The first kappa shape index (κ1) is 22.3. The molecule has 1 saturated carbocycles. The molecule has 4 rings (SSSR count). The quantitative estimate of drug-likeness (QED) is 0.281. The molecular weight excluding hydrogens is 404 g/mol. The van der Waals surface area contributed by atoms with E-state index in [9.17, 15) is 9.59 Å². The molecule has 0 spiro atoms. The van der Waals surface area contributed by atoms with E-state index in [0.29, 0.717) is 31.2 Å². The number of fused-ring (bicyclic) bond motifs is 1. The summed E-state index contributed by atoms with van der Waals surface area (Å²) in [6, 6.07) is 0. The normalized spacial score (nSPS) is 36.3. The topological polar surface area (TPSA) is 116 Å².